The summed E-state index contributed by atoms with van der Waals surface area (Å²) in [4.78, 5) is 4.65. The molecule has 1 aromatic heterocycles. The van der Waals surface area contributed by atoms with E-state index in [-0.39, 0.29) is 0 Å². The molecule has 0 radical (unpaired) electrons. The minimum Gasteiger partial charge on any atom is -0.495 e. The van der Waals surface area contributed by atoms with Gasteiger partial charge in [-0.15, -0.1) is 11.3 Å². The van der Waals surface area contributed by atoms with Crippen LogP contribution in [0.3, 0.4) is 0 Å². The third kappa shape index (κ3) is 2.73. The molecule has 1 heterocycles. The fourth-order valence-corrected chi connectivity index (χ4v) is 3.21. The van der Waals surface area contributed by atoms with Crippen LogP contribution in [0.5, 0.6) is 5.75 Å². The second-order valence-electron chi connectivity index (χ2n) is 4.47. The molecule has 3 rings (SSSR count). The van der Waals surface area contributed by atoms with Crippen molar-refractivity contribution >= 4 is 28.6 Å². The van der Waals surface area contributed by atoms with Crippen LogP contribution in [0.25, 0.3) is 21.8 Å². The summed E-state index contributed by atoms with van der Waals surface area (Å²) in [7, 11) is 1.60. The number of methoxy groups -OCH3 is 1. The highest BCUT2D eigenvalue weighted by atomic mass is 35.5. The quantitative estimate of drug-likeness (QED) is 0.711. The third-order valence-electron chi connectivity index (χ3n) is 3.13. The number of anilines is 1. The van der Waals surface area contributed by atoms with E-state index in [9.17, 15) is 0 Å². The minimum absolute atomic E-state index is 0.599. The van der Waals surface area contributed by atoms with E-state index in [0.717, 1.165) is 21.8 Å². The summed E-state index contributed by atoms with van der Waals surface area (Å²) in [5.41, 5.74) is 9.32. The van der Waals surface area contributed by atoms with Crippen LogP contribution in [0.15, 0.2) is 47.8 Å². The molecule has 5 heteroatoms. The number of hydrogen-bond donors (Lipinski definition) is 1. The van der Waals surface area contributed by atoms with Gasteiger partial charge >= 0.3 is 0 Å². The first-order chi connectivity index (χ1) is 10.2. The summed E-state index contributed by atoms with van der Waals surface area (Å²) in [6, 6.07) is 13.3. The van der Waals surface area contributed by atoms with Gasteiger partial charge in [-0.1, -0.05) is 29.8 Å². The van der Waals surface area contributed by atoms with Crippen LogP contribution in [0, 0.1) is 0 Å². The molecule has 0 fully saturated rings. The molecule has 0 atom stereocenters. The molecule has 0 saturated heterocycles. The molecule has 0 bridgehead atoms. The van der Waals surface area contributed by atoms with Gasteiger partial charge in [-0.3, -0.25) is 0 Å². The smallest absolute Gasteiger partial charge is 0.141 e. The number of halogens is 1. The molecule has 106 valence electrons. The number of nitrogens with zero attached hydrogens (tertiary/aromatic N) is 1. The molecule has 0 aliphatic rings. The number of benzene rings is 2. The Morgan fingerprint density at radius 2 is 2.00 bits per heavy atom. The second kappa shape index (κ2) is 5.76. The summed E-state index contributed by atoms with van der Waals surface area (Å²) in [6.07, 6.45) is 0. The van der Waals surface area contributed by atoms with Gasteiger partial charge < -0.3 is 10.5 Å². The predicted octanol–water partition coefficient (Wildman–Crippen LogP) is 4.72. The SMILES string of the molecule is COc1ccc(-c2csc(-c3ccccc3Cl)n2)cc1N. The fourth-order valence-electron chi connectivity index (χ4n) is 2.06. The van der Waals surface area contributed by atoms with Crippen molar-refractivity contribution in [2.75, 3.05) is 12.8 Å². The van der Waals surface area contributed by atoms with Gasteiger partial charge in [0.05, 0.1) is 23.5 Å². The van der Waals surface area contributed by atoms with Gasteiger partial charge in [0, 0.05) is 16.5 Å². The number of nitrogens with two attached hydrogens (primary N) is 1. The minimum atomic E-state index is 0.599. The Morgan fingerprint density at radius 3 is 2.71 bits per heavy atom. The first-order valence-corrected chi connectivity index (χ1v) is 7.59. The summed E-state index contributed by atoms with van der Waals surface area (Å²) in [6.45, 7) is 0. The molecule has 0 amide bonds. The molecule has 2 N–H and O–H groups in total. The van der Waals surface area contributed by atoms with Crippen molar-refractivity contribution in [1.29, 1.82) is 0 Å². The zero-order valence-corrected chi connectivity index (χ0v) is 12.9. The van der Waals surface area contributed by atoms with Crippen LogP contribution in [-0.4, -0.2) is 12.1 Å². The van der Waals surface area contributed by atoms with E-state index < -0.39 is 0 Å². The fraction of sp³-hybridized carbons (Fsp3) is 0.0625. The highest BCUT2D eigenvalue weighted by Gasteiger charge is 2.10. The van der Waals surface area contributed by atoms with E-state index in [1.807, 2.05) is 47.8 Å². The van der Waals surface area contributed by atoms with E-state index in [4.69, 9.17) is 22.1 Å². The molecule has 0 spiro atoms. The Labute approximate surface area is 132 Å². The lowest BCUT2D eigenvalue weighted by Crippen LogP contribution is -1.92. The van der Waals surface area contributed by atoms with Gasteiger partial charge in [0.25, 0.3) is 0 Å². The van der Waals surface area contributed by atoms with Gasteiger partial charge in [-0.2, -0.15) is 0 Å². The third-order valence-corrected chi connectivity index (χ3v) is 4.34. The molecule has 0 aliphatic heterocycles. The standard InChI is InChI=1S/C16H13ClN2OS/c1-20-15-7-6-10(8-13(15)18)14-9-21-16(19-14)11-4-2-3-5-12(11)17/h2-9H,18H2,1H3. The van der Waals surface area contributed by atoms with Crippen molar-refractivity contribution in [3.63, 3.8) is 0 Å². The molecule has 0 unspecified atom stereocenters. The number of rotatable bonds is 3. The van der Waals surface area contributed by atoms with Crippen LogP contribution in [0.4, 0.5) is 5.69 Å². The van der Waals surface area contributed by atoms with Gasteiger partial charge in [-0.25, -0.2) is 4.98 Å². The highest BCUT2D eigenvalue weighted by molar-refractivity contribution is 7.13. The Balaban J connectivity index is 1.99. The zero-order chi connectivity index (χ0) is 14.8. The lowest BCUT2D eigenvalue weighted by Gasteiger charge is -2.05. The van der Waals surface area contributed by atoms with Gasteiger partial charge in [0.2, 0.25) is 0 Å². The van der Waals surface area contributed by atoms with Gasteiger partial charge in [-0.05, 0) is 24.3 Å². The van der Waals surface area contributed by atoms with Crippen LogP contribution >= 0.6 is 22.9 Å². The van der Waals surface area contributed by atoms with E-state index in [0.29, 0.717) is 16.5 Å². The largest absolute Gasteiger partial charge is 0.495 e. The van der Waals surface area contributed by atoms with Crippen molar-refractivity contribution in [2.45, 2.75) is 0 Å². The van der Waals surface area contributed by atoms with Crippen molar-refractivity contribution in [3.8, 4) is 27.6 Å². The van der Waals surface area contributed by atoms with Crippen molar-refractivity contribution in [3.05, 3.63) is 52.9 Å². The maximum Gasteiger partial charge on any atom is 0.141 e. The highest BCUT2D eigenvalue weighted by Crippen LogP contribution is 2.34. The number of nitrogen functional groups attached to an aromatic ring is 1. The maximum absolute atomic E-state index is 6.21. The summed E-state index contributed by atoms with van der Waals surface area (Å²) < 4.78 is 5.17. The average Bonchev–Trinajstić information content (AvgIpc) is 2.97. The average molecular weight is 317 g/mol. The van der Waals surface area contributed by atoms with E-state index in [2.05, 4.69) is 4.98 Å². The number of ether oxygens (including phenoxy) is 1. The van der Waals surface area contributed by atoms with Crippen molar-refractivity contribution in [2.24, 2.45) is 0 Å². The zero-order valence-electron chi connectivity index (χ0n) is 11.3. The van der Waals surface area contributed by atoms with Crippen molar-refractivity contribution < 1.29 is 4.74 Å². The first kappa shape index (κ1) is 13.9. The second-order valence-corrected chi connectivity index (χ2v) is 5.74. The van der Waals surface area contributed by atoms with Gasteiger partial charge in [0.1, 0.15) is 10.8 Å². The number of thiazole rings is 1. The lowest BCUT2D eigenvalue weighted by atomic mass is 10.1. The van der Waals surface area contributed by atoms with Crippen molar-refractivity contribution in [1.82, 2.24) is 4.98 Å². The van der Waals surface area contributed by atoms with Crippen LogP contribution < -0.4 is 10.5 Å². The summed E-state index contributed by atoms with van der Waals surface area (Å²) in [5, 5.41) is 3.59. The number of aromatic nitrogens is 1. The molecule has 21 heavy (non-hydrogen) atoms. The Hall–Kier alpha value is -2.04. The Kier molecular flexibility index (Phi) is 3.82. The molecule has 0 aliphatic carbocycles. The predicted molar refractivity (Wildman–Crippen MR) is 89.0 cm³/mol. The topological polar surface area (TPSA) is 48.1 Å². The molecule has 3 aromatic rings. The summed E-state index contributed by atoms with van der Waals surface area (Å²) in [5.74, 6) is 0.667. The monoisotopic (exact) mass is 316 g/mol. The molecule has 2 aromatic carbocycles. The van der Waals surface area contributed by atoms with Crippen LogP contribution in [0.1, 0.15) is 0 Å². The van der Waals surface area contributed by atoms with Gasteiger partial charge in [0.15, 0.2) is 0 Å². The maximum atomic E-state index is 6.21. The van der Waals surface area contributed by atoms with E-state index in [1.165, 1.54) is 0 Å². The number of hydrogen-bond acceptors (Lipinski definition) is 4. The molecular weight excluding hydrogens is 304 g/mol. The molecular formula is C16H13ClN2OS. The van der Waals surface area contributed by atoms with E-state index >= 15 is 0 Å². The molecule has 3 nitrogen and oxygen atoms in total. The van der Waals surface area contributed by atoms with Crippen LogP contribution in [-0.2, 0) is 0 Å². The normalized spacial score (nSPS) is 10.6. The lowest BCUT2D eigenvalue weighted by molar-refractivity contribution is 0.417. The summed E-state index contributed by atoms with van der Waals surface area (Å²) >= 11 is 7.77. The Morgan fingerprint density at radius 1 is 1.19 bits per heavy atom. The molecule has 0 saturated carbocycles. The van der Waals surface area contributed by atoms with Crippen LogP contribution in [0.2, 0.25) is 5.02 Å². The Bertz CT molecular complexity index is 785. The first-order valence-electron chi connectivity index (χ1n) is 6.33. The van der Waals surface area contributed by atoms with E-state index in [1.54, 1.807) is 18.4 Å².